The number of aromatic amines is 1. The van der Waals surface area contributed by atoms with Crippen molar-refractivity contribution >= 4 is 16.8 Å². The summed E-state index contributed by atoms with van der Waals surface area (Å²) in [6, 6.07) is 6.43. The Hall–Kier alpha value is -1.77. The van der Waals surface area contributed by atoms with E-state index in [0.29, 0.717) is 12.3 Å². The number of nitrogens with zero attached hydrogens (tertiary/aromatic N) is 1. The minimum atomic E-state index is -0.131. The van der Waals surface area contributed by atoms with Gasteiger partial charge in [-0.05, 0) is 50.3 Å². The molecule has 1 N–H and O–H groups in total. The summed E-state index contributed by atoms with van der Waals surface area (Å²) in [5.41, 5.74) is 5.14. The third-order valence-electron chi connectivity index (χ3n) is 5.21. The average Bonchev–Trinajstić information content (AvgIpc) is 2.80. The lowest BCUT2D eigenvalue weighted by Crippen LogP contribution is -2.54. The minimum Gasteiger partial charge on any atom is -0.356 e. The van der Waals surface area contributed by atoms with Crippen molar-refractivity contribution in [3.63, 3.8) is 0 Å². The molecule has 1 atom stereocenters. The Kier molecular flexibility index (Phi) is 2.33. The number of carbonyl (C=O) groups excluding carboxylic acids is 1. The molecule has 2 aliphatic heterocycles. The molecule has 3 heteroatoms. The summed E-state index contributed by atoms with van der Waals surface area (Å²) in [5.74, 6) is 0.319. The van der Waals surface area contributed by atoms with Gasteiger partial charge in [-0.3, -0.25) is 4.79 Å². The number of nitrogens with one attached hydrogen (secondary N) is 1. The molecule has 4 rings (SSSR count). The van der Waals surface area contributed by atoms with E-state index in [4.69, 9.17) is 0 Å². The van der Waals surface area contributed by atoms with E-state index in [9.17, 15) is 4.79 Å². The molecule has 0 spiro atoms. The molecular weight excluding hydrogens is 248 g/mol. The molecule has 0 radical (unpaired) electrons. The Morgan fingerprint density at radius 2 is 2.15 bits per heavy atom. The van der Waals surface area contributed by atoms with Gasteiger partial charge in [0.2, 0.25) is 5.91 Å². The van der Waals surface area contributed by atoms with Crippen molar-refractivity contribution in [2.45, 2.75) is 45.1 Å². The first kappa shape index (κ1) is 12.0. The number of H-pyrrole nitrogens is 1. The lowest BCUT2D eigenvalue weighted by atomic mass is 9.79. The molecule has 3 nitrogen and oxygen atoms in total. The van der Waals surface area contributed by atoms with Crippen molar-refractivity contribution in [1.82, 2.24) is 9.88 Å². The highest BCUT2D eigenvalue weighted by Gasteiger charge is 2.45. The Labute approximate surface area is 119 Å². The second-order valence-electron chi connectivity index (χ2n) is 6.40. The fourth-order valence-electron chi connectivity index (χ4n) is 4.20. The van der Waals surface area contributed by atoms with Gasteiger partial charge in [-0.15, -0.1) is 0 Å². The summed E-state index contributed by atoms with van der Waals surface area (Å²) in [4.78, 5) is 18.0. The van der Waals surface area contributed by atoms with Crippen LogP contribution in [0.15, 0.2) is 18.2 Å². The van der Waals surface area contributed by atoms with E-state index >= 15 is 0 Å². The first-order valence-electron chi connectivity index (χ1n) is 7.52. The van der Waals surface area contributed by atoms with Crippen molar-refractivity contribution in [2.75, 3.05) is 6.54 Å². The van der Waals surface area contributed by atoms with Crippen LogP contribution in [-0.4, -0.2) is 22.3 Å². The van der Waals surface area contributed by atoms with E-state index in [0.717, 1.165) is 25.8 Å². The molecule has 0 saturated carbocycles. The van der Waals surface area contributed by atoms with Crippen molar-refractivity contribution in [1.29, 1.82) is 0 Å². The zero-order valence-electron chi connectivity index (χ0n) is 12.1. The highest BCUT2D eigenvalue weighted by Crippen LogP contribution is 2.44. The third-order valence-corrected chi connectivity index (χ3v) is 5.21. The predicted molar refractivity (Wildman–Crippen MR) is 79.7 cm³/mol. The summed E-state index contributed by atoms with van der Waals surface area (Å²) in [7, 11) is 0. The first-order chi connectivity index (χ1) is 9.61. The molecule has 1 fully saturated rings. The van der Waals surface area contributed by atoms with Crippen LogP contribution in [0.25, 0.3) is 10.9 Å². The summed E-state index contributed by atoms with van der Waals surface area (Å²) in [5, 5.41) is 1.38. The maximum Gasteiger partial charge on any atom is 0.223 e. The minimum absolute atomic E-state index is 0.131. The first-order valence-corrected chi connectivity index (χ1v) is 7.52. The Morgan fingerprint density at radius 1 is 1.30 bits per heavy atom. The molecule has 0 unspecified atom stereocenters. The van der Waals surface area contributed by atoms with Gasteiger partial charge in [-0.25, -0.2) is 0 Å². The number of rotatable bonds is 0. The Morgan fingerprint density at radius 3 is 3.00 bits per heavy atom. The van der Waals surface area contributed by atoms with Crippen LogP contribution in [0.1, 0.15) is 43.0 Å². The maximum absolute atomic E-state index is 12.2. The van der Waals surface area contributed by atoms with Crippen LogP contribution in [0.5, 0.6) is 0 Å². The van der Waals surface area contributed by atoms with E-state index in [1.165, 1.54) is 27.7 Å². The predicted octanol–water partition coefficient (Wildman–Crippen LogP) is 3.26. The lowest BCUT2D eigenvalue weighted by Gasteiger charge is -2.47. The molecule has 104 valence electrons. The van der Waals surface area contributed by atoms with Crippen LogP contribution in [0.3, 0.4) is 0 Å². The number of benzene rings is 1. The molecule has 2 aromatic rings. The second kappa shape index (κ2) is 3.87. The quantitative estimate of drug-likeness (QED) is 0.782. The number of fused-ring (bicyclic) bond motifs is 5. The van der Waals surface area contributed by atoms with Gasteiger partial charge in [-0.2, -0.15) is 0 Å². The molecule has 1 aromatic carbocycles. The highest BCUT2D eigenvalue weighted by atomic mass is 16.2. The summed E-state index contributed by atoms with van der Waals surface area (Å²) in [6.07, 6.45) is 3.75. The van der Waals surface area contributed by atoms with E-state index in [-0.39, 0.29) is 5.54 Å². The van der Waals surface area contributed by atoms with Gasteiger partial charge in [0.15, 0.2) is 0 Å². The fraction of sp³-hybridized carbons (Fsp3) is 0.471. The Balaban J connectivity index is 1.99. The number of aromatic nitrogens is 1. The zero-order chi connectivity index (χ0) is 13.9. The smallest absolute Gasteiger partial charge is 0.223 e. The van der Waals surface area contributed by atoms with Crippen LogP contribution in [0, 0.1) is 6.92 Å². The summed E-state index contributed by atoms with van der Waals surface area (Å²) >= 11 is 0. The van der Waals surface area contributed by atoms with Crippen LogP contribution in [0.4, 0.5) is 0 Å². The van der Waals surface area contributed by atoms with Gasteiger partial charge in [0.25, 0.3) is 0 Å². The average molecular weight is 268 g/mol. The normalized spacial score (nSPS) is 25.7. The van der Waals surface area contributed by atoms with Crippen molar-refractivity contribution < 1.29 is 4.79 Å². The lowest BCUT2D eigenvalue weighted by molar-refractivity contribution is -0.142. The number of carbonyl (C=O) groups is 1. The molecular formula is C17H20N2O. The van der Waals surface area contributed by atoms with Crippen LogP contribution >= 0.6 is 0 Å². The summed E-state index contributed by atoms with van der Waals surface area (Å²) in [6.45, 7) is 5.27. The molecule has 0 aliphatic carbocycles. The monoisotopic (exact) mass is 268 g/mol. The van der Waals surface area contributed by atoms with Crippen LogP contribution in [0.2, 0.25) is 0 Å². The number of hydrogen-bond acceptors (Lipinski definition) is 1. The van der Waals surface area contributed by atoms with Gasteiger partial charge in [-0.1, -0.05) is 12.1 Å². The fourth-order valence-corrected chi connectivity index (χ4v) is 4.20. The van der Waals surface area contributed by atoms with Gasteiger partial charge in [0, 0.05) is 29.6 Å². The van der Waals surface area contributed by atoms with Gasteiger partial charge < -0.3 is 9.88 Å². The van der Waals surface area contributed by atoms with Crippen LogP contribution < -0.4 is 0 Å². The topological polar surface area (TPSA) is 36.1 Å². The van der Waals surface area contributed by atoms with Gasteiger partial charge >= 0.3 is 0 Å². The van der Waals surface area contributed by atoms with E-state index in [1.54, 1.807) is 0 Å². The number of aryl methyl sites for hydroxylation is 1. The standard InChI is InChI=1S/C17H20N2O/c1-11-5-3-6-13-15(11)12-8-10-19-14(20)7-4-9-17(19,2)16(12)18-13/h3,5-6,18H,4,7-10H2,1-2H3/t17-/m1/s1. The number of hydrogen-bond donors (Lipinski definition) is 1. The van der Waals surface area contributed by atoms with Crippen LogP contribution in [-0.2, 0) is 16.8 Å². The van der Waals surface area contributed by atoms with Crippen molar-refractivity contribution in [3.8, 4) is 0 Å². The zero-order valence-corrected chi connectivity index (χ0v) is 12.1. The van der Waals surface area contributed by atoms with Crippen molar-refractivity contribution in [3.05, 3.63) is 35.0 Å². The number of amides is 1. The van der Waals surface area contributed by atoms with Crippen molar-refractivity contribution in [2.24, 2.45) is 0 Å². The molecule has 2 aliphatic rings. The molecule has 20 heavy (non-hydrogen) atoms. The molecule has 1 aromatic heterocycles. The van der Waals surface area contributed by atoms with E-state index in [2.05, 4.69) is 41.9 Å². The molecule has 0 bridgehead atoms. The van der Waals surface area contributed by atoms with Gasteiger partial charge in [0.05, 0.1) is 5.54 Å². The number of piperidine rings is 1. The van der Waals surface area contributed by atoms with Gasteiger partial charge in [0.1, 0.15) is 0 Å². The highest BCUT2D eigenvalue weighted by molar-refractivity contribution is 5.89. The largest absolute Gasteiger partial charge is 0.356 e. The molecule has 1 amide bonds. The SMILES string of the molecule is Cc1cccc2[nH]c3c(c12)CCN1C(=O)CCC[C@]31C. The molecule has 1 saturated heterocycles. The summed E-state index contributed by atoms with van der Waals surface area (Å²) < 4.78 is 0. The van der Waals surface area contributed by atoms with E-state index in [1.807, 2.05) is 0 Å². The third kappa shape index (κ3) is 1.38. The Bertz CT molecular complexity index is 715. The maximum atomic E-state index is 12.2. The van der Waals surface area contributed by atoms with E-state index < -0.39 is 0 Å². The second-order valence-corrected chi connectivity index (χ2v) is 6.40. The molecule has 3 heterocycles.